The van der Waals surface area contributed by atoms with Gasteiger partial charge in [0.2, 0.25) is 5.91 Å². The molecule has 0 saturated carbocycles. The molecule has 0 unspecified atom stereocenters. The third kappa shape index (κ3) is 5.32. The first-order valence-corrected chi connectivity index (χ1v) is 8.83. The number of pyridine rings is 1. The van der Waals surface area contributed by atoms with Gasteiger partial charge in [-0.1, -0.05) is 6.92 Å². The van der Waals surface area contributed by atoms with Gasteiger partial charge < -0.3 is 5.32 Å². The number of hydrogen-bond donors (Lipinski definition) is 1. The quantitative estimate of drug-likeness (QED) is 0.794. The fraction of sp³-hybridized carbons (Fsp3) is 0.588. The van der Waals surface area contributed by atoms with E-state index in [1.807, 2.05) is 12.1 Å². The molecule has 8 heteroatoms. The Morgan fingerprint density at radius 1 is 1.28 bits per heavy atom. The molecule has 0 aliphatic carbocycles. The summed E-state index contributed by atoms with van der Waals surface area (Å²) < 4.78 is 1.60. The standard InChI is InChI=1S/C17H25N7O/c1-14-5-10-23(11-6-14)12-16-20-21-22-24(16)13-17(25)19-9-4-15-2-7-18-8-3-15/h2-3,7-8,14H,4-6,9-13H2,1H3,(H,19,25). The number of hydrogen-bond acceptors (Lipinski definition) is 6. The summed E-state index contributed by atoms with van der Waals surface area (Å²) in [6.07, 6.45) is 6.70. The van der Waals surface area contributed by atoms with Crippen molar-refractivity contribution in [2.75, 3.05) is 19.6 Å². The van der Waals surface area contributed by atoms with Crippen molar-refractivity contribution in [1.29, 1.82) is 0 Å². The zero-order chi connectivity index (χ0) is 17.5. The molecule has 1 saturated heterocycles. The Hall–Kier alpha value is -2.35. The maximum atomic E-state index is 12.1. The van der Waals surface area contributed by atoms with E-state index >= 15 is 0 Å². The lowest BCUT2D eigenvalue weighted by Crippen LogP contribution is -2.34. The van der Waals surface area contributed by atoms with Crippen molar-refractivity contribution in [3.8, 4) is 0 Å². The summed E-state index contributed by atoms with van der Waals surface area (Å²) in [5, 5.41) is 14.7. The molecule has 1 amide bonds. The highest BCUT2D eigenvalue weighted by Crippen LogP contribution is 2.17. The second-order valence-electron chi connectivity index (χ2n) is 6.67. The monoisotopic (exact) mass is 343 g/mol. The number of amides is 1. The van der Waals surface area contributed by atoms with Crippen molar-refractivity contribution in [3.05, 3.63) is 35.9 Å². The van der Waals surface area contributed by atoms with Gasteiger partial charge in [0, 0.05) is 18.9 Å². The van der Waals surface area contributed by atoms with E-state index in [2.05, 4.69) is 37.6 Å². The molecule has 2 aromatic heterocycles. The molecule has 0 aromatic carbocycles. The van der Waals surface area contributed by atoms with Crippen molar-refractivity contribution in [1.82, 2.24) is 35.4 Å². The van der Waals surface area contributed by atoms with Crippen molar-refractivity contribution in [2.45, 2.75) is 39.3 Å². The van der Waals surface area contributed by atoms with E-state index in [0.717, 1.165) is 36.8 Å². The fourth-order valence-electron chi connectivity index (χ4n) is 2.97. The van der Waals surface area contributed by atoms with Gasteiger partial charge in [-0.2, -0.15) is 0 Å². The van der Waals surface area contributed by atoms with E-state index < -0.39 is 0 Å². The molecule has 1 aliphatic rings. The van der Waals surface area contributed by atoms with Crippen LogP contribution in [0.15, 0.2) is 24.5 Å². The average Bonchev–Trinajstić information content (AvgIpc) is 3.04. The Labute approximate surface area is 147 Å². The minimum atomic E-state index is -0.0742. The van der Waals surface area contributed by atoms with E-state index in [9.17, 15) is 4.79 Å². The minimum absolute atomic E-state index is 0.0742. The normalized spacial score (nSPS) is 16.0. The third-order valence-electron chi connectivity index (χ3n) is 4.63. The number of rotatable bonds is 7. The van der Waals surface area contributed by atoms with Gasteiger partial charge in [0.15, 0.2) is 5.82 Å². The fourth-order valence-corrected chi connectivity index (χ4v) is 2.97. The van der Waals surface area contributed by atoms with Gasteiger partial charge in [-0.25, -0.2) is 4.68 Å². The van der Waals surface area contributed by atoms with Gasteiger partial charge in [0.25, 0.3) is 0 Å². The van der Waals surface area contributed by atoms with Crippen molar-refractivity contribution < 1.29 is 4.79 Å². The van der Waals surface area contributed by atoms with Crippen LogP contribution in [-0.2, 0) is 24.3 Å². The maximum absolute atomic E-state index is 12.1. The summed E-state index contributed by atoms with van der Waals surface area (Å²) >= 11 is 0. The van der Waals surface area contributed by atoms with Crippen molar-refractivity contribution >= 4 is 5.91 Å². The molecule has 1 N–H and O–H groups in total. The Morgan fingerprint density at radius 2 is 2.04 bits per heavy atom. The molecule has 134 valence electrons. The van der Waals surface area contributed by atoms with Gasteiger partial charge in [0.05, 0.1) is 6.54 Å². The second-order valence-corrected chi connectivity index (χ2v) is 6.67. The first kappa shape index (κ1) is 17.5. The smallest absolute Gasteiger partial charge is 0.241 e. The van der Waals surface area contributed by atoms with Crippen LogP contribution in [0, 0.1) is 5.92 Å². The van der Waals surface area contributed by atoms with Crippen LogP contribution in [0.25, 0.3) is 0 Å². The first-order valence-electron chi connectivity index (χ1n) is 8.83. The molecule has 3 rings (SSSR count). The maximum Gasteiger partial charge on any atom is 0.241 e. The summed E-state index contributed by atoms with van der Waals surface area (Å²) in [5.74, 6) is 1.46. The Balaban J connectivity index is 1.45. The summed E-state index contributed by atoms with van der Waals surface area (Å²) in [5.41, 5.74) is 1.15. The molecule has 0 spiro atoms. The lowest BCUT2D eigenvalue weighted by molar-refractivity contribution is -0.121. The van der Waals surface area contributed by atoms with Crippen molar-refractivity contribution in [2.24, 2.45) is 5.92 Å². The summed E-state index contributed by atoms with van der Waals surface area (Å²) in [7, 11) is 0. The Kier molecular flexibility index (Phi) is 6.05. The summed E-state index contributed by atoms with van der Waals surface area (Å²) in [4.78, 5) is 18.5. The number of tetrazole rings is 1. The van der Waals surface area contributed by atoms with Crippen LogP contribution in [0.5, 0.6) is 0 Å². The Morgan fingerprint density at radius 3 is 2.80 bits per heavy atom. The average molecular weight is 343 g/mol. The number of piperidine rings is 1. The van der Waals surface area contributed by atoms with E-state index in [4.69, 9.17) is 0 Å². The molecule has 1 aliphatic heterocycles. The van der Waals surface area contributed by atoms with Crippen LogP contribution in [0.1, 0.15) is 31.2 Å². The number of carbonyl (C=O) groups excluding carboxylic acids is 1. The molecule has 2 aromatic rings. The topological polar surface area (TPSA) is 88.8 Å². The van der Waals surface area contributed by atoms with E-state index in [-0.39, 0.29) is 12.5 Å². The number of carbonyl (C=O) groups is 1. The summed E-state index contributed by atoms with van der Waals surface area (Å²) in [6.45, 7) is 5.85. The highest BCUT2D eigenvalue weighted by Gasteiger charge is 2.19. The number of aromatic nitrogens is 5. The highest BCUT2D eigenvalue weighted by atomic mass is 16.2. The van der Waals surface area contributed by atoms with Crippen LogP contribution in [0.3, 0.4) is 0 Å². The highest BCUT2D eigenvalue weighted by molar-refractivity contribution is 5.75. The minimum Gasteiger partial charge on any atom is -0.354 e. The van der Waals surface area contributed by atoms with E-state index in [0.29, 0.717) is 13.1 Å². The number of nitrogens with one attached hydrogen (secondary N) is 1. The van der Waals surface area contributed by atoms with E-state index in [1.54, 1.807) is 17.1 Å². The lowest BCUT2D eigenvalue weighted by atomic mass is 9.99. The SMILES string of the molecule is CC1CCN(Cc2nnnn2CC(=O)NCCc2ccncc2)CC1. The molecule has 0 bridgehead atoms. The largest absolute Gasteiger partial charge is 0.354 e. The van der Waals surface area contributed by atoms with Crippen LogP contribution < -0.4 is 5.32 Å². The van der Waals surface area contributed by atoms with Crippen LogP contribution in [0.4, 0.5) is 0 Å². The first-order chi connectivity index (χ1) is 12.2. The number of nitrogens with zero attached hydrogens (tertiary/aromatic N) is 6. The van der Waals surface area contributed by atoms with Crippen LogP contribution in [0.2, 0.25) is 0 Å². The summed E-state index contributed by atoms with van der Waals surface area (Å²) in [6, 6.07) is 3.90. The molecular weight excluding hydrogens is 318 g/mol. The predicted molar refractivity (Wildman–Crippen MR) is 92.4 cm³/mol. The van der Waals surface area contributed by atoms with Gasteiger partial charge in [-0.3, -0.25) is 14.7 Å². The van der Waals surface area contributed by atoms with Crippen LogP contribution in [-0.4, -0.2) is 55.6 Å². The molecular formula is C17H25N7O. The molecule has 0 radical (unpaired) electrons. The molecule has 25 heavy (non-hydrogen) atoms. The zero-order valence-electron chi connectivity index (χ0n) is 14.6. The lowest BCUT2D eigenvalue weighted by Gasteiger charge is -2.29. The van der Waals surface area contributed by atoms with Crippen LogP contribution >= 0.6 is 0 Å². The second kappa shape index (κ2) is 8.66. The molecule has 0 atom stereocenters. The Bertz CT molecular complexity index is 665. The van der Waals surface area contributed by atoms with Crippen molar-refractivity contribution in [3.63, 3.8) is 0 Å². The van der Waals surface area contributed by atoms with Gasteiger partial charge in [0.1, 0.15) is 6.54 Å². The molecule has 8 nitrogen and oxygen atoms in total. The third-order valence-corrected chi connectivity index (χ3v) is 4.63. The van der Waals surface area contributed by atoms with Gasteiger partial charge in [-0.05, 0) is 66.4 Å². The van der Waals surface area contributed by atoms with Gasteiger partial charge in [-0.15, -0.1) is 5.10 Å². The van der Waals surface area contributed by atoms with E-state index in [1.165, 1.54) is 12.8 Å². The molecule has 3 heterocycles. The zero-order valence-corrected chi connectivity index (χ0v) is 14.6. The van der Waals surface area contributed by atoms with Gasteiger partial charge >= 0.3 is 0 Å². The number of likely N-dealkylation sites (tertiary alicyclic amines) is 1. The predicted octanol–water partition coefficient (Wildman–Crippen LogP) is 0.659. The molecule has 1 fully saturated rings.